The number of nitrogens with two attached hydrogens (primary N) is 1. The number of ether oxygens (including phenoxy) is 1. The van der Waals surface area contributed by atoms with E-state index in [4.69, 9.17) is 19.9 Å². The molecule has 178 valence electrons. The molecule has 2 aliphatic rings. The summed E-state index contributed by atoms with van der Waals surface area (Å²) in [6, 6.07) is 7.84. The largest absolute Gasteiger partial charge is 0.494 e. The zero-order chi connectivity index (χ0) is 23.6. The van der Waals surface area contributed by atoms with Crippen LogP contribution in [0.1, 0.15) is 36.5 Å². The standard InChI is InChI=1S/C26H31N5O3/c1-15-6-8-30(14-19(15)27)25(32)18-10-20-23(22(12-18)33-3)29(2)24(28-20)21-11-17-7-9-34-26(17)31(21)13-16-4-5-16/h7,9-12,15-16,19H,4-6,8,13-14,27H2,1-3H3/t15-,19+/m1/s1. The molecule has 1 aliphatic carbocycles. The fourth-order valence-electron chi connectivity index (χ4n) is 5.19. The van der Waals surface area contributed by atoms with E-state index in [1.54, 1.807) is 13.4 Å². The summed E-state index contributed by atoms with van der Waals surface area (Å²) in [6.45, 7) is 4.35. The summed E-state index contributed by atoms with van der Waals surface area (Å²) in [7, 11) is 3.63. The number of hydrogen-bond donors (Lipinski definition) is 1. The van der Waals surface area contributed by atoms with Crippen LogP contribution in [0.2, 0.25) is 0 Å². The van der Waals surface area contributed by atoms with Crippen LogP contribution in [0, 0.1) is 11.8 Å². The third-order valence-corrected chi connectivity index (χ3v) is 7.57. The summed E-state index contributed by atoms with van der Waals surface area (Å²) in [4.78, 5) is 20.2. The van der Waals surface area contributed by atoms with Crippen molar-refractivity contribution in [2.24, 2.45) is 24.6 Å². The van der Waals surface area contributed by atoms with Gasteiger partial charge in [-0.2, -0.15) is 0 Å². The highest BCUT2D eigenvalue weighted by atomic mass is 16.5. The molecule has 6 rings (SSSR count). The lowest BCUT2D eigenvalue weighted by Gasteiger charge is -2.35. The Balaban J connectivity index is 1.44. The highest BCUT2D eigenvalue weighted by Gasteiger charge is 2.29. The minimum absolute atomic E-state index is 0.00209. The summed E-state index contributed by atoms with van der Waals surface area (Å²) in [5.74, 6) is 2.56. The van der Waals surface area contributed by atoms with E-state index in [1.807, 2.05) is 30.1 Å². The van der Waals surface area contributed by atoms with Gasteiger partial charge in [-0.05, 0) is 55.4 Å². The first-order valence-corrected chi connectivity index (χ1v) is 12.1. The van der Waals surface area contributed by atoms with Crippen LogP contribution in [0.5, 0.6) is 5.75 Å². The number of carbonyl (C=O) groups is 1. The van der Waals surface area contributed by atoms with Gasteiger partial charge in [-0.15, -0.1) is 0 Å². The van der Waals surface area contributed by atoms with Gasteiger partial charge in [0.05, 0.1) is 24.6 Å². The molecule has 1 saturated heterocycles. The number of methoxy groups -OCH3 is 1. The van der Waals surface area contributed by atoms with Crippen LogP contribution in [-0.4, -0.2) is 51.2 Å². The normalized spacial score (nSPS) is 21.0. The Morgan fingerprint density at radius 2 is 2.09 bits per heavy atom. The van der Waals surface area contributed by atoms with E-state index < -0.39 is 0 Å². The lowest BCUT2D eigenvalue weighted by Crippen LogP contribution is -2.49. The van der Waals surface area contributed by atoms with Crippen molar-refractivity contribution in [2.45, 2.75) is 38.8 Å². The second kappa shape index (κ2) is 7.91. The van der Waals surface area contributed by atoms with Gasteiger partial charge >= 0.3 is 0 Å². The third-order valence-electron chi connectivity index (χ3n) is 7.57. The smallest absolute Gasteiger partial charge is 0.254 e. The molecule has 8 heteroatoms. The average Bonchev–Trinajstić information content (AvgIpc) is 3.28. The molecule has 1 amide bonds. The summed E-state index contributed by atoms with van der Waals surface area (Å²) in [5, 5.41) is 1.07. The van der Waals surface area contributed by atoms with Crippen LogP contribution in [0.4, 0.5) is 0 Å². The number of carbonyl (C=O) groups excluding carboxylic acids is 1. The number of imidazole rings is 1. The number of fused-ring (bicyclic) bond motifs is 2. The number of amides is 1. The van der Waals surface area contributed by atoms with Crippen LogP contribution in [-0.2, 0) is 13.6 Å². The van der Waals surface area contributed by atoms with Crippen LogP contribution >= 0.6 is 0 Å². The Labute approximate surface area is 198 Å². The maximum Gasteiger partial charge on any atom is 0.254 e. The van der Waals surface area contributed by atoms with Gasteiger partial charge in [-0.25, -0.2) is 4.98 Å². The molecule has 1 aromatic carbocycles. The molecule has 3 aromatic heterocycles. The Morgan fingerprint density at radius 3 is 2.82 bits per heavy atom. The molecule has 2 fully saturated rings. The molecule has 34 heavy (non-hydrogen) atoms. The number of furan rings is 1. The number of benzene rings is 1. The van der Waals surface area contributed by atoms with E-state index in [0.717, 1.165) is 53.2 Å². The van der Waals surface area contributed by atoms with Crippen molar-refractivity contribution in [3.8, 4) is 17.3 Å². The Bertz CT molecular complexity index is 1390. The fourth-order valence-corrected chi connectivity index (χ4v) is 5.19. The van der Waals surface area contributed by atoms with Gasteiger partial charge in [-0.3, -0.25) is 4.79 Å². The number of nitrogens with zero attached hydrogens (tertiary/aromatic N) is 4. The van der Waals surface area contributed by atoms with Crippen molar-refractivity contribution in [2.75, 3.05) is 20.2 Å². The third kappa shape index (κ3) is 3.39. The number of hydrogen-bond acceptors (Lipinski definition) is 5. The number of aromatic nitrogens is 3. The first-order valence-electron chi connectivity index (χ1n) is 12.1. The highest BCUT2D eigenvalue weighted by Crippen LogP contribution is 2.38. The number of aryl methyl sites for hydroxylation is 1. The Morgan fingerprint density at radius 1 is 1.26 bits per heavy atom. The van der Waals surface area contributed by atoms with Gasteiger partial charge in [0.1, 0.15) is 11.3 Å². The molecule has 1 aliphatic heterocycles. The van der Waals surface area contributed by atoms with Gasteiger partial charge in [-0.1, -0.05) is 6.92 Å². The molecule has 0 bridgehead atoms. The van der Waals surface area contributed by atoms with Crippen molar-refractivity contribution >= 4 is 28.0 Å². The number of likely N-dealkylation sites (tertiary alicyclic amines) is 1. The summed E-state index contributed by atoms with van der Waals surface area (Å²) < 4.78 is 15.8. The molecule has 4 heterocycles. The van der Waals surface area contributed by atoms with E-state index in [1.165, 1.54) is 12.8 Å². The minimum atomic E-state index is -0.0237. The highest BCUT2D eigenvalue weighted by molar-refractivity contribution is 6.00. The first kappa shape index (κ1) is 21.3. The first-order chi connectivity index (χ1) is 16.4. The average molecular weight is 462 g/mol. The van der Waals surface area contributed by atoms with Gasteiger partial charge in [0.25, 0.3) is 5.91 Å². The van der Waals surface area contributed by atoms with E-state index in [0.29, 0.717) is 29.7 Å². The SMILES string of the molecule is COc1cc(C(=O)N2CC[C@@H](C)[C@@H](N)C2)cc2nc(-c3cc4ccoc4n3CC3CC3)n(C)c12. The maximum absolute atomic E-state index is 13.4. The van der Waals surface area contributed by atoms with Crippen LogP contribution in [0.15, 0.2) is 34.9 Å². The molecule has 8 nitrogen and oxygen atoms in total. The maximum atomic E-state index is 13.4. The van der Waals surface area contributed by atoms with E-state index in [2.05, 4.69) is 22.1 Å². The van der Waals surface area contributed by atoms with Crippen LogP contribution in [0.3, 0.4) is 0 Å². The molecule has 0 unspecified atom stereocenters. The van der Waals surface area contributed by atoms with Crippen molar-refractivity contribution in [3.63, 3.8) is 0 Å². The lowest BCUT2D eigenvalue weighted by molar-refractivity contribution is 0.0672. The molecular weight excluding hydrogens is 430 g/mol. The summed E-state index contributed by atoms with van der Waals surface area (Å²) in [5.41, 5.74) is 10.3. The summed E-state index contributed by atoms with van der Waals surface area (Å²) in [6.07, 6.45) is 5.15. The zero-order valence-electron chi connectivity index (χ0n) is 20.0. The summed E-state index contributed by atoms with van der Waals surface area (Å²) >= 11 is 0. The monoisotopic (exact) mass is 461 g/mol. The zero-order valence-corrected chi connectivity index (χ0v) is 20.0. The molecule has 4 aromatic rings. The molecule has 2 N–H and O–H groups in total. The number of piperidine rings is 1. The van der Waals surface area contributed by atoms with Crippen molar-refractivity contribution in [3.05, 3.63) is 36.1 Å². The molecular formula is C26H31N5O3. The molecule has 2 atom stereocenters. The van der Waals surface area contributed by atoms with Crippen molar-refractivity contribution in [1.82, 2.24) is 19.0 Å². The lowest BCUT2D eigenvalue weighted by atomic mass is 9.94. The Hall–Kier alpha value is -3.26. The second-order valence-electron chi connectivity index (χ2n) is 9.99. The molecule has 0 radical (unpaired) electrons. The van der Waals surface area contributed by atoms with Crippen LogP contribution < -0.4 is 10.5 Å². The van der Waals surface area contributed by atoms with Crippen molar-refractivity contribution < 1.29 is 13.9 Å². The van der Waals surface area contributed by atoms with E-state index >= 15 is 0 Å². The quantitative estimate of drug-likeness (QED) is 0.485. The van der Waals surface area contributed by atoms with Gasteiger partial charge in [0, 0.05) is 43.7 Å². The minimum Gasteiger partial charge on any atom is -0.494 e. The van der Waals surface area contributed by atoms with E-state index in [-0.39, 0.29) is 11.9 Å². The fraction of sp³-hybridized carbons (Fsp3) is 0.462. The number of rotatable bonds is 5. The van der Waals surface area contributed by atoms with Gasteiger partial charge in [0.2, 0.25) is 5.71 Å². The predicted molar refractivity (Wildman–Crippen MR) is 131 cm³/mol. The second-order valence-corrected chi connectivity index (χ2v) is 9.99. The van der Waals surface area contributed by atoms with Crippen LogP contribution in [0.25, 0.3) is 33.7 Å². The molecule has 1 saturated carbocycles. The van der Waals surface area contributed by atoms with E-state index in [9.17, 15) is 4.79 Å². The van der Waals surface area contributed by atoms with Crippen molar-refractivity contribution in [1.29, 1.82) is 0 Å². The molecule has 0 spiro atoms. The topological polar surface area (TPSA) is 91.5 Å². The van der Waals surface area contributed by atoms with Gasteiger partial charge in [0.15, 0.2) is 5.82 Å². The predicted octanol–water partition coefficient (Wildman–Crippen LogP) is 4.02. The Kier molecular flexibility index (Phi) is 4.95. The van der Waals surface area contributed by atoms with Gasteiger partial charge < -0.3 is 28.9 Å².